The van der Waals surface area contributed by atoms with Gasteiger partial charge in [0.05, 0.1) is 13.1 Å². The quantitative estimate of drug-likeness (QED) is 0.673. The zero-order chi connectivity index (χ0) is 17.4. The summed E-state index contributed by atoms with van der Waals surface area (Å²) in [5.41, 5.74) is 1.85. The monoisotopic (exact) mass is 346 g/mol. The van der Waals surface area contributed by atoms with Gasteiger partial charge in [0.25, 0.3) is 11.8 Å². The van der Waals surface area contributed by atoms with Gasteiger partial charge < -0.3 is 15.5 Å². The fourth-order valence-corrected chi connectivity index (χ4v) is 2.98. The zero-order valence-electron chi connectivity index (χ0n) is 14.1. The van der Waals surface area contributed by atoms with E-state index in [4.69, 9.17) is 0 Å². The van der Waals surface area contributed by atoms with E-state index in [1.54, 1.807) is 11.3 Å². The van der Waals surface area contributed by atoms with Gasteiger partial charge in [0.15, 0.2) is 13.1 Å². The summed E-state index contributed by atoms with van der Waals surface area (Å²) in [4.78, 5) is 26.3. The highest BCUT2D eigenvalue weighted by Crippen LogP contribution is 2.12. The number of hydrogen-bond donors (Lipinski definition) is 3. The maximum Gasteiger partial charge on any atom is 0.279 e. The van der Waals surface area contributed by atoms with Gasteiger partial charge in [0, 0.05) is 10.6 Å². The molecule has 1 aromatic carbocycles. The summed E-state index contributed by atoms with van der Waals surface area (Å²) in [6.45, 7) is 5.76. The Morgan fingerprint density at radius 2 is 1.83 bits per heavy atom. The van der Waals surface area contributed by atoms with Crippen molar-refractivity contribution in [3.63, 3.8) is 0 Å². The summed E-state index contributed by atoms with van der Waals surface area (Å²) < 4.78 is 0. The number of amides is 2. The second-order valence-corrected chi connectivity index (χ2v) is 6.71. The minimum absolute atomic E-state index is 0.0380. The summed E-state index contributed by atoms with van der Waals surface area (Å²) in [6, 6.07) is 11.6. The summed E-state index contributed by atoms with van der Waals surface area (Å²) in [5.74, 6) is -0.115. The Balaban J connectivity index is 1.79. The Morgan fingerprint density at radius 1 is 1.08 bits per heavy atom. The molecule has 0 fully saturated rings. The van der Waals surface area contributed by atoms with Gasteiger partial charge in [-0.2, -0.15) is 0 Å². The molecule has 0 radical (unpaired) electrons. The first kappa shape index (κ1) is 18.2. The van der Waals surface area contributed by atoms with Crippen LogP contribution in [-0.4, -0.2) is 31.4 Å². The van der Waals surface area contributed by atoms with Crippen LogP contribution in [0.15, 0.2) is 41.8 Å². The molecule has 0 spiro atoms. The minimum Gasteiger partial charge on any atom is -0.346 e. The number of nitrogens with one attached hydrogen (secondary N) is 3. The van der Waals surface area contributed by atoms with E-state index in [1.165, 1.54) is 0 Å². The second kappa shape index (κ2) is 9.20. The molecule has 0 bridgehead atoms. The molecule has 1 aromatic heterocycles. The van der Waals surface area contributed by atoms with E-state index in [0.717, 1.165) is 21.0 Å². The van der Waals surface area contributed by atoms with Crippen molar-refractivity contribution in [3.8, 4) is 0 Å². The van der Waals surface area contributed by atoms with Crippen molar-refractivity contribution in [1.29, 1.82) is 0 Å². The van der Waals surface area contributed by atoms with Crippen molar-refractivity contribution in [2.24, 2.45) is 0 Å². The predicted octanol–water partition coefficient (Wildman–Crippen LogP) is 1.22. The third-order valence-corrected chi connectivity index (χ3v) is 4.66. The lowest BCUT2D eigenvalue weighted by Gasteiger charge is -2.17. The Hall–Kier alpha value is -2.18. The lowest BCUT2D eigenvalue weighted by atomic mass is 10.2. The number of rotatable bonds is 8. The van der Waals surface area contributed by atoms with Gasteiger partial charge in [0.1, 0.15) is 0 Å². The highest BCUT2D eigenvalue weighted by Gasteiger charge is 2.17. The average Bonchev–Trinajstić information content (AvgIpc) is 3.08. The smallest absolute Gasteiger partial charge is 0.279 e. The fourth-order valence-electron chi connectivity index (χ4n) is 2.34. The topological polar surface area (TPSA) is 62.6 Å². The van der Waals surface area contributed by atoms with E-state index in [1.807, 2.05) is 55.6 Å². The highest BCUT2D eigenvalue weighted by molar-refractivity contribution is 7.09. The molecule has 3 N–H and O–H groups in total. The summed E-state index contributed by atoms with van der Waals surface area (Å²) in [7, 11) is 0. The Bertz CT molecular complexity index is 671. The summed E-state index contributed by atoms with van der Waals surface area (Å²) in [6.07, 6.45) is 0. The maximum atomic E-state index is 12.2. The lowest BCUT2D eigenvalue weighted by Crippen LogP contribution is -3.14. The van der Waals surface area contributed by atoms with Crippen molar-refractivity contribution >= 4 is 28.8 Å². The van der Waals surface area contributed by atoms with Crippen LogP contribution in [0, 0.1) is 6.92 Å². The number of anilines is 1. The number of benzene rings is 1. The molecule has 2 amide bonds. The van der Waals surface area contributed by atoms with E-state index < -0.39 is 0 Å². The van der Waals surface area contributed by atoms with Gasteiger partial charge in [-0.15, -0.1) is 11.3 Å². The van der Waals surface area contributed by atoms with E-state index in [9.17, 15) is 9.59 Å². The number of quaternary nitrogens is 1. The summed E-state index contributed by atoms with van der Waals surface area (Å²) in [5, 5.41) is 7.80. The number of para-hydroxylation sites is 1. The maximum absolute atomic E-state index is 12.2. The molecule has 5 nitrogen and oxygen atoms in total. The van der Waals surface area contributed by atoms with Crippen LogP contribution in [0.4, 0.5) is 5.69 Å². The SMILES string of the molecule is CC[NH+](CC(=O)NCc1cccs1)CC(=O)Nc1ccccc1C. The van der Waals surface area contributed by atoms with Gasteiger partial charge in [-0.05, 0) is 36.9 Å². The van der Waals surface area contributed by atoms with Crippen LogP contribution < -0.4 is 15.5 Å². The number of aryl methyl sites for hydroxylation is 1. The fraction of sp³-hybridized carbons (Fsp3) is 0.333. The van der Waals surface area contributed by atoms with Crippen molar-refractivity contribution in [1.82, 2.24) is 5.32 Å². The molecule has 0 saturated heterocycles. The standard InChI is InChI=1S/C18H23N3O2S/c1-3-21(12-17(22)19-11-15-8-6-10-24-15)13-18(23)20-16-9-5-4-7-14(16)2/h4-10H,3,11-13H2,1-2H3,(H,19,22)(H,20,23)/p+1. The first-order chi connectivity index (χ1) is 11.6. The third kappa shape index (κ3) is 5.79. The number of likely N-dealkylation sites (N-methyl/N-ethyl adjacent to an activating group) is 1. The summed E-state index contributed by atoms with van der Waals surface area (Å²) >= 11 is 1.62. The molecule has 1 unspecified atom stereocenters. The van der Waals surface area contributed by atoms with Crippen molar-refractivity contribution in [2.75, 3.05) is 25.0 Å². The normalized spacial score (nSPS) is 11.8. The number of carbonyl (C=O) groups excluding carboxylic acids is 2. The van der Waals surface area contributed by atoms with E-state index in [-0.39, 0.29) is 18.4 Å². The highest BCUT2D eigenvalue weighted by atomic mass is 32.1. The molecular weight excluding hydrogens is 322 g/mol. The van der Waals surface area contributed by atoms with Crippen LogP contribution in [0.2, 0.25) is 0 Å². The van der Waals surface area contributed by atoms with Gasteiger partial charge in [-0.25, -0.2) is 0 Å². The van der Waals surface area contributed by atoms with Crippen LogP contribution in [-0.2, 0) is 16.1 Å². The molecule has 1 heterocycles. The minimum atomic E-state index is -0.0767. The van der Waals surface area contributed by atoms with E-state index in [0.29, 0.717) is 19.6 Å². The second-order valence-electron chi connectivity index (χ2n) is 5.68. The van der Waals surface area contributed by atoms with Crippen LogP contribution in [0.3, 0.4) is 0 Å². The average molecular weight is 346 g/mol. The molecule has 2 rings (SSSR count). The predicted molar refractivity (Wildman–Crippen MR) is 97.2 cm³/mol. The van der Waals surface area contributed by atoms with Crippen molar-refractivity contribution < 1.29 is 14.5 Å². The van der Waals surface area contributed by atoms with Crippen LogP contribution in [0.1, 0.15) is 17.4 Å². The number of thiophene rings is 1. The molecule has 128 valence electrons. The molecule has 0 aliphatic rings. The van der Waals surface area contributed by atoms with Crippen LogP contribution in [0.5, 0.6) is 0 Å². The Labute approximate surface area is 146 Å². The molecule has 0 aliphatic heterocycles. The molecule has 2 aromatic rings. The first-order valence-electron chi connectivity index (χ1n) is 8.06. The number of carbonyl (C=O) groups is 2. The molecule has 1 atom stereocenters. The van der Waals surface area contributed by atoms with E-state index >= 15 is 0 Å². The molecule has 0 aliphatic carbocycles. The van der Waals surface area contributed by atoms with Crippen LogP contribution >= 0.6 is 11.3 Å². The molecular formula is C18H24N3O2S+. The van der Waals surface area contributed by atoms with Gasteiger partial charge in [-0.1, -0.05) is 24.3 Å². The van der Waals surface area contributed by atoms with Gasteiger partial charge in [0.2, 0.25) is 0 Å². The van der Waals surface area contributed by atoms with Gasteiger partial charge in [-0.3, -0.25) is 9.59 Å². The Kier molecular flexibility index (Phi) is 6.96. The van der Waals surface area contributed by atoms with Crippen LogP contribution in [0.25, 0.3) is 0 Å². The van der Waals surface area contributed by atoms with Crippen molar-refractivity contribution in [2.45, 2.75) is 20.4 Å². The molecule has 24 heavy (non-hydrogen) atoms. The Morgan fingerprint density at radius 3 is 2.50 bits per heavy atom. The lowest BCUT2D eigenvalue weighted by molar-refractivity contribution is -0.881. The number of hydrogen-bond acceptors (Lipinski definition) is 3. The first-order valence-corrected chi connectivity index (χ1v) is 8.94. The zero-order valence-corrected chi connectivity index (χ0v) is 14.9. The third-order valence-electron chi connectivity index (χ3n) is 3.78. The van der Waals surface area contributed by atoms with Crippen molar-refractivity contribution in [3.05, 3.63) is 52.2 Å². The molecule has 0 saturated carbocycles. The largest absolute Gasteiger partial charge is 0.346 e. The van der Waals surface area contributed by atoms with Gasteiger partial charge >= 0.3 is 0 Å². The van der Waals surface area contributed by atoms with E-state index in [2.05, 4.69) is 10.6 Å². The molecule has 6 heteroatoms.